The van der Waals surface area contributed by atoms with Gasteiger partial charge in [-0.15, -0.1) is 0 Å². The molecule has 46 heavy (non-hydrogen) atoms. The van der Waals surface area contributed by atoms with Crippen LogP contribution in [0.2, 0.25) is 0 Å². The molecule has 8 nitrogen and oxygen atoms in total. The Morgan fingerprint density at radius 2 is 1.15 bits per heavy atom. The maximum absolute atomic E-state index is 13.2. The average Bonchev–Trinajstić information content (AvgIpc) is 3.05. The Balaban J connectivity index is 1.40. The van der Waals surface area contributed by atoms with Crippen LogP contribution in [0.15, 0.2) is 109 Å². The molecule has 0 aliphatic carbocycles. The van der Waals surface area contributed by atoms with E-state index in [9.17, 15) is 28.5 Å². The number of phenols is 3. The first-order chi connectivity index (χ1) is 22.0. The van der Waals surface area contributed by atoms with E-state index >= 15 is 0 Å². The molecule has 0 unspecified atom stereocenters. The fourth-order valence-electron chi connectivity index (χ4n) is 5.94. The molecule has 0 saturated heterocycles. The second-order valence-electron chi connectivity index (χ2n) is 11.4. The Hall–Kier alpha value is -4.17. The molecule has 0 spiro atoms. The van der Waals surface area contributed by atoms with E-state index in [0.29, 0.717) is 18.3 Å². The van der Waals surface area contributed by atoms with Crippen molar-refractivity contribution in [3.8, 4) is 17.2 Å². The summed E-state index contributed by atoms with van der Waals surface area (Å²) < 4.78 is 32.8. The molecule has 244 valence electrons. The van der Waals surface area contributed by atoms with Gasteiger partial charge in [0.1, 0.15) is 0 Å². The standard InChI is InChI=1S/C36H42NO7PS/c1-46(42,43)44-45(30-17-9-6-10-18-30,31-19-11-7-12-20-31,32-21-13-8-14-22-32)26-16-5-3-2-4-15-25-37-35(40)24-23-29-27-33(38)36(41)34(39)28-29/h6-14,17-24,27-28,38-39,41H,2-5,15-16,25-26H2,1H3,(H,37,40)/b24-23+. The van der Waals surface area contributed by atoms with E-state index < -0.39 is 34.2 Å². The quantitative estimate of drug-likeness (QED) is 0.0524. The number of hydrogen-bond acceptors (Lipinski definition) is 7. The number of amides is 1. The van der Waals surface area contributed by atoms with Crippen LogP contribution in [0, 0.1) is 0 Å². The van der Waals surface area contributed by atoms with Crippen LogP contribution in [0.5, 0.6) is 17.2 Å². The molecule has 0 bridgehead atoms. The third kappa shape index (κ3) is 8.15. The predicted molar refractivity (Wildman–Crippen MR) is 187 cm³/mol. The molecule has 10 heteroatoms. The predicted octanol–water partition coefficient (Wildman–Crippen LogP) is 5.69. The second kappa shape index (κ2) is 15.4. The van der Waals surface area contributed by atoms with Crippen LogP contribution in [-0.2, 0) is 18.9 Å². The number of aromatic hydroxyl groups is 3. The van der Waals surface area contributed by atoms with Crippen LogP contribution < -0.4 is 21.2 Å². The van der Waals surface area contributed by atoms with Crippen molar-refractivity contribution in [2.75, 3.05) is 19.0 Å². The minimum absolute atomic E-state index is 0.299. The summed E-state index contributed by atoms with van der Waals surface area (Å²) in [5.74, 6) is -1.84. The number of phenolic OH excluding ortho intramolecular Hbond substituents is 3. The Bertz CT molecular complexity index is 1610. The number of nitrogens with one attached hydrogen (secondary N) is 1. The summed E-state index contributed by atoms with van der Waals surface area (Å²) in [6.07, 6.45) is 9.71. The van der Waals surface area contributed by atoms with Gasteiger partial charge in [-0.3, -0.25) is 0 Å². The van der Waals surface area contributed by atoms with Crippen LogP contribution in [0.25, 0.3) is 6.08 Å². The molecule has 4 N–H and O–H groups in total. The molecular formula is C36H42NO7PS. The molecule has 0 radical (unpaired) electrons. The molecule has 0 aliphatic heterocycles. The summed E-state index contributed by atoms with van der Waals surface area (Å²) in [5.41, 5.74) is 0.380. The number of carbonyl (C=O) groups excluding carboxylic acids is 1. The van der Waals surface area contributed by atoms with E-state index in [1.165, 1.54) is 24.3 Å². The van der Waals surface area contributed by atoms with Crippen molar-refractivity contribution >= 4 is 44.8 Å². The molecule has 4 aromatic rings. The van der Waals surface area contributed by atoms with Crippen LogP contribution in [0.3, 0.4) is 0 Å². The third-order valence-corrected chi connectivity index (χ3v) is 15.8. The molecular weight excluding hydrogens is 621 g/mol. The summed E-state index contributed by atoms with van der Waals surface area (Å²) >= 11 is 0. The fourth-order valence-corrected chi connectivity index (χ4v) is 14.6. The van der Waals surface area contributed by atoms with Gasteiger partial charge < -0.3 is 15.3 Å². The Kier molecular flexibility index (Phi) is 11.6. The van der Waals surface area contributed by atoms with E-state index in [-0.39, 0.29) is 5.91 Å². The summed E-state index contributed by atoms with van der Waals surface area (Å²) in [5, 5.41) is 34.1. The van der Waals surface area contributed by atoms with Gasteiger partial charge in [-0.1, -0.05) is 0 Å². The van der Waals surface area contributed by atoms with Gasteiger partial charge >= 0.3 is 222 Å². The van der Waals surface area contributed by atoms with Crippen molar-refractivity contribution in [2.45, 2.75) is 38.5 Å². The zero-order valence-electron chi connectivity index (χ0n) is 26.0. The summed E-state index contributed by atoms with van der Waals surface area (Å²) in [6.45, 7) is -3.45. The van der Waals surface area contributed by atoms with Gasteiger partial charge in [0.2, 0.25) is 0 Å². The Labute approximate surface area is 271 Å². The van der Waals surface area contributed by atoms with Crippen LogP contribution >= 0.6 is 6.83 Å². The molecule has 0 aliphatic rings. The number of benzene rings is 4. The Morgan fingerprint density at radius 1 is 0.717 bits per heavy atom. The van der Waals surface area contributed by atoms with Gasteiger partial charge in [0.25, 0.3) is 0 Å². The van der Waals surface area contributed by atoms with Crippen molar-refractivity contribution < 1.29 is 32.5 Å². The SMILES string of the molecule is CS(=O)(=O)OP(CCCCCCCCNC(=O)/C=C/c1cc(O)c(O)c(O)c1)(c1ccccc1)(c1ccccc1)c1ccccc1. The number of hydrogen-bond donors (Lipinski definition) is 4. The molecule has 0 atom stereocenters. The fraction of sp³-hybridized carbons (Fsp3) is 0.250. The van der Waals surface area contributed by atoms with Gasteiger partial charge in [-0.05, 0) is 17.7 Å². The minimum atomic E-state index is -3.95. The molecule has 4 rings (SSSR count). The van der Waals surface area contributed by atoms with Crippen LogP contribution in [0.1, 0.15) is 44.1 Å². The monoisotopic (exact) mass is 663 g/mol. The number of carbonyl (C=O) groups is 1. The van der Waals surface area contributed by atoms with E-state index in [1.807, 2.05) is 91.0 Å². The first kappa shape index (κ1) is 34.7. The van der Waals surface area contributed by atoms with Gasteiger partial charge in [0, 0.05) is 0 Å². The molecule has 0 fully saturated rings. The molecule has 4 aromatic carbocycles. The zero-order chi connectivity index (χ0) is 33.1. The first-order valence-corrected chi connectivity index (χ1v) is 19.5. The van der Waals surface area contributed by atoms with Gasteiger partial charge in [0.15, 0.2) is 17.2 Å². The van der Waals surface area contributed by atoms with Crippen LogP contribution in [-0.4, -0.2) is 48.6 Å². The van der Waals surface area contributed by atoms with E-state index in [0.717, 1.165) is 60.7 Å². The van der Waals surface area contributed by atoms with E-state index in [4.69, 9.17) is 3.97 Å². The topological polar surface area (TPSA) is 133 Å². The average molecular weight is 664 g/mol. The zero-order valence-corrected chi connectivity index (χ0v) is 27.7. The van der Waals surface area contributed by atoms with E-state index in [2.05, 4.69) is 5.32 Å². The first-order valence-electron chi connectivity index (χ1n) is 15.4. The molecule has 0 heterocycles. The van der Waals surface area contributed by atoms with Crippen molar-refractivity contribution in [1.29, 1.82) is 0 Å². The summed E-state index contributed by atoms with van der Waals surface area (Å²) in [4.78, 5) is 12.2. The van der Waals surface area contributed by atoms with Gasteiger partial charge in [-0.2, -0.15) is 0 Å². The maximum atomic E-state index is 13.2. The Morgan fingerprint density at radius 3 is 1.61 bits per heavy atom. The third-order valence-electron chi connectivity index (χ3n) is 8.04. The van der Waals surface area contributed by atoms with Gasteiger partial charge in [-0.25, -0.2) is 0 Å². The van der Waals surface area contributed by atoms with Crippen LogP contribution in [0.4, 0.5) is 0 Å². The van der Waals surface area contributed by atoms with Crippen molar-refractivity contribution in [2.24, 2.45) is 0 Å². The number of rotatable bonds is 16. The normalized spacial score (nSPS) is 12.8. The van der Waals surface area contributed by atoms with Crippen molar-refractivity contribution in [1.82, 2.24) is 5.32 Å². The molecule has 0 aromatic heterocycles. The van der Waals surface area contributed by atoms with E-state index in [1.54, 1.807) is 0 Å². The van der Waals surface area contributed by atoms with Crippen molar-refractivity contribution in [3.05, 3.63) is 115 Å². The summed E-state index contributed by atoms with van der Waals surface area (Å²) in [6, 6.07) is 31.8. The second-order valence-corrected chi connectivity index (χ2v) is 17.8. The molecule has 1 amide bonds. The number of unbranched alkanes of at least 4 members (excludes halogenated alkanes) is 5. The molecule has 0 saturated carbocycles. The summed E-state index contributed by atoms with van der Waals surface area (Å²) in [7, 11) is -3.89. The van der Waals surface area contributed by atoms with Gasteiger partial charge in [0.05, 0.1) is 0 Å². The van der Waals surface area contributed by atoms with Crippen molar-refractivity contribution in [3.63, 3.8) is 0 Å².